The number of halogens is 1. The van der Waals surface area contributed by atoms with Crippen molar-refractivity contribution in [1.82, 2.24) is 9.99 Å². The Morgan fingerprint density at radius 2 is 1.66 bits per heavy atom. The molecule has 1 amide bonds. The first-order valence-corrected chi connectivity index (χ1v) is 14.9. The summed E-state index contributed by atoms with van der Waals surface area (Å²) in [4.78, 5) is 13.1. The fourth-order valence-corrected chi connectivity index (χ4v) is 6.07. The third-order valence-electron chi connectivity index (χ3n) is 6.50. The maximum atomic E-state index is 13.8. The second-order valence-electron chi connectivity index (χ2n) is 9.29. The van der Waals surface area contributed by atoms with Crippen LogP contribution in [0, 0.1) is 20.8 Å². The molecule has 41 heavy (non-hydrogen) atoms. The number of amides is 1. The minimum Gasteiger partial charge on any atom is -0.497 e. The minimum absolute atomic E-state index is 0.0395. The van der Waals surface area contributed by atoms with Crippen LogP contribution in [0.15, 0.2) is 87.3 Å². The summed E-state index contributed by atoms with van der Waals surface area (Å²) in [5.41, 5.74) is 7.31. The molecule has 0 radical (unpaired) electrons. The monoisotopic (exact) mass is 638 g/mol. The molecule has 0 bridgehead atoms. The molecule has 4 rings (SSSR count). The lowest BCUT2D eigenvalue weighted by molar-refractivity contribution is -0.119. The van der Waals surface area contributed by atoms with Crippen molar-refractivity contribution in [1.29, 1.82) is 0 Å². The fraction of sp³-hybridized carbons (Fsp3) is 0.200. The molecule has 0 aliphatic rings. The first kappa shape index (κ1) is 29.9. The maximum absolute atomic E-state index is 13.8. The van der Waals surface area contributed by atoms with E-state index in [0.717, 1.165) is 37.0 Å². The third-order valence-corrected chi connectivity index (χ3v) is 8.80. The van der Waals surface area contributed by atoms with Gasteiger partial charge in [-0.05, 0) is 75.4 Å². The SMILES string of the molecule is COc1ccc(N(CC(=O)N/N=C\c2cc(C)n(-c3ccc(Br)cc3)c2C)S(=O)(=O)c2ccc(C)cc2)c(OC)c1. The highest BCUT2D eigenvalue weighted by atomic mass is 79.9. The molecular weight excluding hydrogens is 608 g/mol. The molecule has 3 aromatic carbocycles. The van der Waals surface area contributed by atoms with E-state index in [1.54, 1.807) is 30.5 Å². The molecule has 11 heteroatoms. The van der Waals surface area contributed by atoms with Crippen molar-refractivity contribution in [3.63, 3.8) is 0 Å². The largest absolute Gasteiger partial charge is 0.497 e. The Kier molecular flexibility index (Phi) is 9.19. The molecule has 0 spiro atoms. The number of nitrogens with one attached hydrogen (secondary N) is 1. The number of carbonyl (C=O) groups excluding carboxylic acids is 1. The molecule has 0 atom stereocenters. The molecule has 0 fully saturated rings. The molecule has 1 aromatic heterocycles. The topological polar surface area (TPSA) is 102 Å². The van der Waals surface area contributed by atoms with Crippen molar-refractivity contribution in [2.45, 2.75) is 25.7 Å². The van der Waals surface area contributed by atoms with Crippen LogP contribution in [0.5, 0.6) is 11.5 Å². The van der Waals surface area contributed by atoms with Crippen LogP contribution in [0.2, 0.25) is 0 Å². The first-order chi connectivity index (χ1) is 19.5. The lowest BCUT2D eigenvalue weighted by atomic mass is 10.2. The van der Waals surface area contributed by atoms with E-state index in [1.807, 2.05) is 51.1 Å². The standard InChI is InChI=1S/C30H31BrN4O5S/c1-20-6-13-27(14-7-20)41(37,38)34(28-15-12-26(39-4)17-29(28)40-5)19-30(36)33-32-18-23-16-21(2)35(22(23)3)25-10-8-24(31)9-11-25/h6-18H,19H2,1-5H3,(H,33,36)/b32-18-. The Balaban J connectivity index is 1.60. The quantitative estimate of drug-likeness (QED) is 0.182. The summed E-state index contributed by atoms with van der Waals surface area (Å²) in [6.45, 7) is 5.28. The number of hydrogen-bond donors (Lipinski definition) is 1. The normalized spacial score (nSPS) is 11.5. The molecule has 0 saturated heterocycles. The minimum atomic E-state index is -4.14. The van der Waals surface area contributed by atoms with Crippen LogP contribution in [0.3, 0.4) is 0 Å². The van der Waals surface area contributed by atoms with Crippen molar-refractivity contribution in [2.24, 2.45) is 5.10 Å². The smallest absolute Gasteiger partial charge is 0.264 e. The molecule has 1 N–H and O–H groups in total. The number of rotatable bonds is 10. The van der Waals surface area contributed by atoms with Gasteiger partial charge in [-0.3, -0.25) is 9.10 Å². The van der Waals surface area contributed by atoms with Gasteiger partial charge in [-0.25, -0.2) is 13.8 Å². The predicted octanol–water partition coefficient (Wildman–Crippen LogP) is 5.53. The van der Waals surface area contributed by atoms with Gasteiger partial charge in [0.05, 0.1) is 31.0 Å². The maximum Gasteiger partial charge on any atom is 0.264 e. The van der Waals surface area contributed by atoms with E-state index in [9.17, 15) is 13.2 Å². The Morgan fingerprint density at radius 1 is 0.976 bits per heavy atom. The average molecular weight is 640 g/mol. The van der Waals surface area contributed by atoms with Crippen molar-refractivity contribution in [3.8, 4) is 17.2 Å². The molecule has 214 valence electrons. The van der Waals surface area contributed by atoms with Crippen LogP contribution >= 0.6 is 15.9 Å². The van der Waals surface area contributed by atoms with E-state index in [1.165, 1.54) is 32.4 Å². The van der Waals surface area contributed by atoms with Gasteiger partial charge in [-0.2, -0.15) is 5.10 Å². The average Bonchev–Trinajstić information content (AvgIpc) is 3.24. The van der Waals surface area contributed by atoms with Crippen LogP contribution in [-0.2, 0) is 14.8 Å². The van der Waals surface area contributed by atoms with Crippen molar-refractivity contribution in [3.05, 3.63) is 99.8 Å². The van der Waals surface area contributed by atoms with Crippen LogP contribution in [0.1, 0.15) is 22.5 Å². The van der Waals surface area contributed by atoms with Gasteiger partial charge < -0.3 is 14.0 Å². The molecule has 0 saturated carbocycles. The van der Waals surface area contributed by atoms with Gasteiger partial charge in [0.2, 0.25) is 0 Å². The summed E-state index contributed by atoms with van der Waals surface area (Å²) in [6.07, 6.45) is 1.54. The van der Waals surface area contributed by atoms with Crippen LogP contribution in [0.25, 0.3) is 5.69 Å². The summed E-state index contributed by atoms with van der Waals surface area (Å²) < 4.78 is 42.3. The van der Waals surface area contributed by atoms with Gasteiger partial charge in [0.15, 0.2) is 0 Å². The number of benzene rings is 3. The Morgan fingerprint density at radius 3 is 2.29 bits per heavy atom. The third kappa shape index (κ3) is 6.63. The zero-order valence-electron chi connectivity index (χ0n) is 23.4. The number of hydrogen-bond acceptors (Lipinski definition) is 6. The molecule has 0 aliphatic carbocycles. The van der Waals surface area contributed by atoms with Crippen molar-refractivity contribution >= 4 is 43.8 Å². The number of carbonyl (C=O) groups is 1. The van der Waals surface area contributed by atoms with Crippen LogP contribution < -0.4 is 19.2 Å². The number of hydrazone groups is 1. The first-order valence-electron chi connectivity index (χ1n) is 12.6. The predicted molar refractivity (Wildman–Crippen MR) is 164 cm³/mol. The molecular formula is C30H31BrN4O5S. The number of ether oxygens (including phenoxy) is 2. The number of aromatic nitrogens is 1. The molecule has 0 aliphatic heterocycles. The van der Waals surface area contributed by atoms with Gasteiger partial charge >= 0.3 is 0 Å². The molecule has 9 nitrogen and oxygen atoms in total. The van der Waals surface area contributed by atoms with E-state index in [2.05, 4.69) is 31.0 Å². The van der Waals surface area contributed by atoms with E-state index in [-0.39, 0.29) is 16.3 Å². The van der Waals surface area contributed by atoms with Gasteiger partial charge in [0.25, 0.3) is 15.9 Å². The van der Waals surface area contributed by atoms with Gasteiger partial charge in [-0.15, -0.1) is 0 Å². The number of methoxy groups -OCH3 is 2. The summed E-state index contributed by atoms with van der Waals surface area (Å²) in [6, 6.07) is 21.0. The van der Waals surface area contributed by atoms with E-state index < -0.39 is 22.5 Å². The van der Waals surface area contributed by atoms with Crippen LogP contribution in [0.4, 0.5) is 5.69 Å². The highest BCUT2D eigenvalue weighted by molar-refractivity contribution is 9.10. The lowest BCUT2D eigenvalue weighted by Crippen LogP contribution is -2.39. The summed E-state index contributed by atoms with van der Waals surface area (Å²) in [7, 11) is -1.23. The highest BCUT2D eigenvalue weighted by Gasteiger charge is 2.29. The summed E-state index contributed by atoms with van der Waals surface area (Å²) >= 11 is 3.46. The van der Waals surface area contributed by atoms with E-state index in [4.69, 9.17) is 9.47 Å². The molecule has 4 aromatic rings. The number of anilines is 1. The summed E-state index contributed by atoms with van der Waals surface area (Å²) in [5.74, 6) is 0.0846. The second kappa shape index (κ2) is 12.6. The molecule has 1 heterocycles. The zero-order valence-corrected chi connectivity index (χ0v) is 25.8. The van der Waals surface area contributed by atoms with Crippen molar-refractivity contribution < 1.29 is 22.7 Å². The highest BCUT2D eigenvalue weighted by Crippen LogP contribution is 2.35. The molecule has 0 unspecified atom stereocenters. The van der Waals surface area contributed by atoms with Crippen LogP contribution in [-0.4, -0.2) is 45.9 Å². The van der Waals surface area contributed by atoms with Crippen molar-refractivity contribution in [2.75, 3.05) is 25.1 Å². The van der Waals surface area contributed by atoms with Gasteiger partial charge in [0, 0.05) is 33.2 Å². The Bertz CT molecular complexity index is 1680. The van der Waals surface area contributed by atoms with E-state index >= 15 is 0 Å². The van der Waals surface area contributed by atoms with Gasteiger partial charge in [-0.1, -0.05) is 33.6 Å². The zero-order chi connectivity index (χ0) is 29.7. The van der Waals surface area contributed by atoms with Gasteiger partial charge in [0.1, 0.15) is 18.0 Å². The fourth-order valence-electron chi connectivity index (χ4n) is 4.37. The number of nitrogens with zero attached hydrogens (tertiary/aromatic N) is 3. The lowest BCUT2D eigenvalue weighted by Gasteiger charge is -2.25. The van der Waals surface area contributed by atoms with E-state index in [0.29, 0.717) is 5.75 Å². The summed E-state index contributed by atoms with van der Waals surface area (Å²) in [5, 5.41) is 4.13. The number of aryl methyl sites for hydroxylation is 2. The Labute approximate surface area is 248 Å². The number of sulfonamides is 1. The Hall–Kier alpha value is -4.09. The second-order valence-corrected chi connectivity index (χ2v) is 12.1.